The fourth-order valence-electron chi connectivity index (χ4n) is 3.19. The number of nitrogens with zero attached hydrogens (tertiary/aromatic N) is 2. The molecular weight excluding hydrogens is 378 g/mol. The first-order valence-electron chi connectivity index (χ1n) is 9.85. The molecule has 0 unspecified atom stereocenters. The molecule has 0 atom stereocenters. The molecule has 0 fully saturated rings. The van der Waals surface area contributed by atoms with E-state index in [9.17, 15) is 4.79 Å². The second kappa shape index (κ2) is 9.26. The molecule has 7 nitrogen and oxygen atoms in total. The van der Waals surface area contributed by atoms with Crippen LogP contribution in [0, 0.1) is 19.3 Å². The van der Waals surface area contributed by atoms with Crippen molar-refractivity contribution in [3.8, 4) is 0 Å². The van der Waals surface area contributed by atoms with E-state index < -0.39 is 5.97 Å². The zero-order valence-electron chi connectivity index (χ0n) is 17.5. The first-order valence-corrected chi connectivity index (χ1v) is 9.85. The molecule has 0 amide bonds. The summed E-state index contributed by atoms with van der Waals surface area (Å²) in [6.07, 6.45) is 1.74. The van der Waals surface area contributed by atoms with Crippen molar-refractivity contribution in [1.29, 1.82) is 5.41 Å². The van der Waals surface area contributed by atoms with Crippen molar-refractivity contribution in [2.45, 2.75) is 33.9 Å². The van der Waals surface area contributed by atoms with Crippen LogP contribution >= 0.6 is 0 Å². The molecule has 1 heterocycles. The summed E-state index contributed by atoms with van der Waals surface area (Å²) < 4.78 is 6.98. The Morgan fingerprint density at radius 1 is 1.20 bits per heavy atom. The van der Waals surface area contributed by atoms with Gasteiger partial charge in [-0.2, -0.15) is 0 Å². The number of aromatic nitrogens is 2. The lowest BCUT2D eigenvalue weighted by molar-refractivity contribution is 0.0520. The molecule has 2 aromatic carbocycles. The van der Waals surface area contributed by atoms with Gasteiger partial charge in [-0.1, -0.05) is 18.2 Å². The van der Waals surface area contributed by atoms with Gasteiger partial charge in [0, 0.05) is 30.5 Å². The lowest BCUT2D eigenvalue weighted by Gasteiger charge is -2.12. The summed E-state index contributed by atoms with van der Waals surface area (Å²) in [5.74, 6) is 0.444. The van der Waals surface area contributed by atoms with E-state index in [1.165, 1.54) is 11.1 Å². The smallest absolute Gasteiger partial charge is 0.358 e. The van der Waals surface area contributed by atoms with Gasteiger partial charge in [-0.05, 0) is 61.7 Å². The predicted molar refractivity (Wildman–Crippen MR) is 118 cm³/mol. The van der Waals surface area contributed by atoms with Gasteiger partial charge in [-0.15, -0.1) is 0 Å². The molecule has 0 aliphatic heterocycles. The van der Waals surface area contributed by atoms with E-state index in [4.69, 9.17) is 15.9 Å². The number of benzene rings is 2. The summed E-state index contributed by atoms with van der Waals surface area (Å²) in [6, 6.07) is 13.9. The lowest BCUT2D eigenvalue weighted by atomic mass is 10.0. The Hall–Kier alpha value is -3.61. The van der Waals surface area contributed by atoms with Gasteiger partial charge < -0.3 is 20.4 Å². The Morgan fingerprint density at radius 2 is 1.93 bits per heavy atom. The van der Waals surface area contributed by atoms with Crippen molar-refractivity contribution in [2.75, 3.05) is 11.9 Å². The number of ether oxygens (including phenoxy) is 1. The lowest BCUT2D eigenvalue weighted by Crippen LogP contribution is -2.10. The van der Waals surface area contributed by atoms with E-state index in [0.717, 1.165) is 17.1 Å². The highest BCUT2D eigenvalue weighted by Gasteiger charge is 2.13. The van der Waals surface area contributed by atoms with Crippen molar-refractivity contribution in [2.24, 2.45) is 5.73 Å². The number of hydrogen-bond donors (Lipinski definition) is 3. The van der Waals surface area contributed by atoms with Gasteiger partial charge in [0.15, 0.2) is 5.69 Å². The summed E-state index contributed by atoms with van der Waals surface area (Å²) in [5.41, 5.74) is 11.0. The van der Waals surface area contributed by atoms with Crippen LogP contribution in [0.2, 0.25) is 0 Å². The second-order valence-electron chi connectivity index (χ2n) is 7.13. The number of hydrogen-bond acceptors (Lipinski definition) is 5. The third kappa shape index (κ3) is 5.05. The molecule has 0 saturated carbocycles. The maximum atomic E-state index is 11.9. The molecule has 4 N–H and O–H groups in total. The first kappa shape index (κ1) is 21.1. The molecule has 0 aliphatic carbocycles. The molecule has 0 aliphatic rings. The van der Waals surface area contributed by atoms with E-state index >= 15 is 0 Å². The van der Waals surface area contributed by atoms with Crippen LogP contribution in [0.15, 0.2) is 48.7 Å². The van der Waals surface area contributed by atoms with E-state index in [-0.39, 0.29) is 5.84 Å². The Bertz CT molecular complexity index is 1050. The molecular formula is C23H27N5O2. The number of nitrogen functional groups attached to an aromatic ring is 1. The maximum absolute atomic E-state index is 11.9. The second-order valence-corrected chi connectivity index (χ2v) is 7.13. The standard InChI is InChI=1S/C23H27N5O2/c1-4-30-23(29)21-14-28(16(3)27-21)13-17-5-6-19(15(2)11-17)12-26-20-9-7-18(8-10-20)22(24)25/h5-11,14,26H,4,12-13H2,1-3H3,(H3,24,25). The zero-order chi connectivity index (χ0) is 21.7. The molecule has 1 aromatic heterocycles. The highest BCUT2D eigenvalue weighted by Crippen LogP contribution is 2.17. The van der Waals surface area contributed by atoms with E-state index in [0.29, 0.717) is 31.0 Å². The van der Waals surface area contributed by atoms with Crippen LogP contribution in [-0.2, 0) is 17.8 Å². The fraction of sp³-hybridized carbons (Fsp3) is 0.261. The van der Waals surface area contributed by atoms with Gasteiger partial charge in [-0.3, -0.25) is 5.41 Å². The number of nitrogens with one attached hydrogen (secondary N) is 2. The highest BCUT2D eigenvalue weighted by molar-refractivity contribution is 5.95. The molecule has 30 heavy (non-hydrogen) atoms. The van der Waals surface area contributed by atoms with Gasteiger partial charge in [-0.25, -0.2) is 9.78 Å². The molecule has 3 rings (SSSR count). The van der Waals surface area contributed by atoms with E-state index in [1.807, 2.05) is 35.8 Å². The molecule has 0 bridgehead atoms. The average Bonchev–Trinajstić information content (AvgIpc) is 3.08. The minimum Gasteiger partial charge on any atom is -0.461 e. The SMILES string of the molecule is CCOC(=O)c1cn(Cc2ccc(CNc3ccc(C(=N)N)cc3)c(C)c2)c(C)n1. The largest absolute Gasteiger partial charge is 0.461 e. The minimum absolute atomic E-state index is 0.0653. The van der Waals surface area contributed by atoms with Crippen LogP contribution in [0.25, 0.3) is 0 Å². The highest BCUT2D eigenvalue weighted by atomic mass is 16.5. The van der Waals surface area contributed by atoms with Crippen molar-refractivity contribution in [1.82, 2.24) is 9.55 Å². The van der Waals surface area contributed by atoms with Gasteiger partial charge >= 0.3 is 5.97 Å². The summed E-state index contributed by atoms with van der Waals surface area (Å²) in [7, 11) is 0. The molecule has 0 spiro atoms. The fourth-order valence-corrected chi connectivity index (χ4v) is 3.19. The van der Waals surface area contributed by atoms with Gasteiger partial charge in [0.05, 0.1) is 6.61 Å². The quantitative estimate of drug-likeness (QED) is 0.301. The van der Waals surface area contributed by atoms with Gasteiger partial charge in [0.2, 0.25) is 0 Å². The normalized spacial score (nSPS) is 10.6. The van der Waals surface area contributed by atoms with Crippen molar-refractivity contribution in [3.63, 3.8) is 0 Å². The van der Waals surface area contributed by atoms with Crippen LogP contribution < -0.4 is 11.1 Å². The van der Waals surface area contributed by atoms with Crippen LogP contribution in [0.5, 0.6) is 0 Å². The van der Waals surface area contributed by atoms with Crippen molar-refractivity contribution in [3.05, 3.63) is 82.4 Å². The number of carbonyl (C=O) groups is 1. The predicted octanol–water partition coefficient (Wildman–Crippen LogP) is 3.62. The number of carbonyl (C=O) groups excluding carboxylic acids is 1. The molecule has 156 valence electrons. The van der Waals surface area contributed by atoms with Crippen LogP contribution in [0.1, 0.15) is 45.5 Å². The molecule has 0 radical (unpaired) electrons. The monoisotopic (exact) mass is 405 g/mol. The zero-order valence-corrected chi connectivity index (χ0v) is 17.5. The number of anilines is 1. The third-order valence-electron chi connectivity index (χ3n) is 4.90. The Kier molecular flexibility index (Phi) is 6.51. The summed E-state index contributed by atoms with van der Waals surface area (Å²) >= 11 is 0. The molecule has 0 saturated heterocycles. The van der Waals surface area contributed by atoms with Crippen molar-refractivity contribution < 1.29 is 9.53 Å². The Morgan fingerprint density at radius 3 is 2.57 bits per heavy atom. The minimum atomic E-state index is -0.395. The average molecular weight is 406 g/mol. The first-order chi connectivity index (χ1) is 14.4. The number of rotatable bonds is 8. The van der Waals surface area contributed by atoms with Crippen molar-refractivity contribution >= 4 is 17.5 Å². The van der Waals surface area contributed by atoms with Gasteiger partial charge in [0.25, 0.3) is 0 Å². The Balaban J connectivity index is 1.65. The summed E-state index contributed by atoms with van der Waals surface area (Å²) in [4.78, 5) is 16.2. The number of imidazole rings is 1. The molecule has 7 heteroatoms. The van der Waals surface area contributed by atoms with Crippen LogP contribution in [0.4, 0.5) is 5.69 Å². The van der Waals surface area contributed by atoms with E-state index in [1.54, 1.807) is 13.1 Å². The maximum Gasteiger partial charge on any atom is 0.358 e. The van der Waals surface area contributed by atoms with Crippen LogP contribution in [0.3, 0.4) is 0 Å². The Labute approximate surface area is 176 Å². The number of nitrogens with two attached hydrogens (primary N) is 1. The molecule has 3 aromatic rings. The number of esters is 1. The summed E-state index contributed by atoms with van der Waals surface area (Å²) in [5, 5.41) is 10.9. The number of aryl methyl sites for hydroxylation is 2. The summed E-state index contributed by atoms with van der Waals surface area (Å²) in [6.45, 7) is 7.42. The van der Waals surface area contributed by atoms with Gasteiger partial charge in [0.1, 0.15) is 11.7 Å². The van der Waals surface area contributed by atoms with E-state index in [2.05, 4.69) is 35.4 Å². The topological polar surface area (TPSA) is 106 Å². The number of amidine groups is 1. The third-order valence-corrected chi connectivity index (χ3v) is 4.90. The van der Waals surface area contributed by atoms with Crippen LogP contribution in [-0.4, -0.2) is 28.0 Å².